The minimum absolute atomic E-state index is 0.0545. The normalized spacial score (nSPS) is 19.2. The number of piperazine rings is 1. The Morgan fingerprint density at radius 3 is 2.51 bits per heavy atom. The highest BCUT2D eigenvalue weighted by atomic mass is 32.2. The van der Waals surface area contributed by atoms with Crippen LogP contribution in [0, 0.1) is 6.92 Å². The van der Waals surface area contributed by atoms with Crippen molar-refractivity contribution in [3.8, 4) is 10.4 Å². The molecule has 0 radical (unpaired) electrons. The summed E-state index contributed by atoms with van der Waals surface area (Å²) < 4.78 is -0.267. The van der Waals surface area contributed by atoms with E-state index < -0.39 is 0 Å². The number of nitrogens with zero attached hydrogens (tertiary/aromatic N) is 4. The van der Waals surface area contributed by atoms with Crippen LogP contribution in [0.3, 0.4) is 0 Å². The highest BCUT2D eigenvalue weighted by Crippen LogP contribution is 2.34. The molecule has 2 aliphatic rings. The molecule has 9 heteroatoms. The summed E-state index contributed by atoms with van der Waals surface area (Å²) in [5, 5.41) is 7.07. The molecule has 2 saturated heterocycles. The Labute approximate surface area is 266 Å². The van der Waals surface area contributed by atoms with Crippen molar-refractivity contribution < 1.29 is 4.79 Å². The van der Waals surface area contributed by atoms with Crippen molar-refractivity contribution >= 4 is 29.0 Å². The van der Waals surface area contributed by atoms with Crippen LogP contribution in [-0.2, 0) is 23.6 Å². The molecule has 2 aromatic carbocycles. The third-order valence-corrected chi connectivity index (χ3v) is 11.3. The van der Waals surface area contributed by atoms with Gasteiger partial charge in [-0.15, -0.1) is 23.1 Å². The van der Waals surface area contributed by atoms with Gasteiger partial charge in [-0.05, 0) is 70.0 Å². The average molecular weight is 621 g/mol. The van der Waals surface area contributed by atoms with Crippen molar-refractivity contribution in [2.24, 2.45) is 0 Å². The summed E-state index contributed by atoms with van der Waals surface area (Å²) in [6, 6.07) is 17.4. The van der Waals surface area contributed by atoms with E-state index in [1.807, 2.05) is 24.3 Å². The first-order chi connectivity index (χ1) is 20.7. The number of rotatable bonds is 12. The quantitative estimate of drug-likeness (QED) is 0.289. The fraction of sp³-hybridized carbons (Fsp3) is 0.529. The number of nitrogens with one attached hydrogen (secondary N) is 2. The monoisotopic (exact) mass is 620 g/mol. The molecule has 1 aromatic heterocycles. The van der Waals surface area contributed by atoms with Crippen molar-refractivity contribution in [2.45, 2.75) is 69.4 Å². The molecule has 7 nitrogen and oxygen atoms in total. The van der Waals surface area contributed by atoms with Crippen LogP contribution in [0.5, 0.6) is 0 Å². The molecule has 5 rings (SSSR count). The molecule has 0 bridgehead atoms. The van der Waals surface area contributed by atoms with Crippen molar-refractivity contribution in [3.63, 3.8) is 0 Å². The number of carbonyl (C=O) groups is 1. The number of benzene rings is 2. The summed E-state index contributed by atoms with van der Waals surface area (Å²) in [6.07, 6.45) is 2.06. The Bertz CT molecular complexity index is 1330. The molecular weight excluding hydrogens is 573 g/mol. The first-order valence-electron chi connectivity index (χ1n) is 15.6. The first-order valence-corrected chi connectivity index (χ1v) is 17.4. The average Bonchev–Trinajstić information content (AvgIpc) is 3.66. The standard InChI is InChI=1S/C34H48N6OS2/c1-25-31(42-24-37-25)29-13-11-26(12-14-29)21-36-30-10-7-15-40(30)33(41)32(35-4)34(2,3)43-23-28-9-6-8-27(20-28)22-39-18-16-38(5)17-19-39/h6,8-9,11-14,20,24,30,32,35-36H,7,10,15-19,21-23H2,1-5H3/t30-,32+/m0/s1. The molecule has 2 atom stereocenters. The summed E-state index contributed by atoms with van der Waals surface area (Å²) in [5.41, 5.74) is 8.11. The summed E-state index contributed by atoms with van der Waals surface area (Å²) in [7, 11) is 4.12. The minimum Gasteiger partial charge on any atom is -0.326 e. The van der Waals surface area contributed by atoms with Crippen LogP contribution < -0.4 is 10.6 Å². The van der Waals surface area contributed by atoms with Gasteiger partial charge in [0.1, 0.15) is 6.04 Å². The minimum atomic E-state index is -0.268. The Hall–Kier alpha value is -2.27. The smallest absolute Gasteiger partial charge is 0.242 e. The van der Waals surface area contributed by atoms with Gasteiger partial charge in [0.25, 0.3) is 0 Å². The number of thioether (sulfide) groups is 1. The number of likely N-dealkylation sites (tertiary alicyclic amines) is 1. The molecule has 3 aromatic rings. The summed E-state index contributed by atoms with van der Waals surface area (Å²) >= 11 is 3.54. The SMILES string of the molecule is CN[C@H](C(=O)N1CCC[C@H]1NCc1ccc(-c2scnc2C)cc1)C(C)(C)SCc1cccc(CN2CCN(C)CC2)c1. The van der Waals surface area contributed by atoms with Crippen molar-refractivity contribution in [1.29, 1.82) is 0 Å². The van der Waals surface area contributed by atoms with Crippen molar-refractivity contribution in [1.82, 2.24) is 30.3 Å². The van der Waals surface area contributed by atoms with Crippen molar-refractivity contribution in [3.05, 3.63) is 76.4 Å². The molecule has 43 heavy (non-hydrogen) atoms. The number of aryl methyl sites for hydroxylation is 1. The number of aromatic nitrogens is 1. The molecule has 3 heterocycles. The van der Waals surface area contributed by atoms with Crippen LogP contribution in [-0.4, -0.2) is 89.4 Å². The number of amides is 1. The zero-order chi connectivity index (χ0) is 30.4. The summed E-state index contributed by atoms with van der Waals surface area (Å²) in [5.74, 6) is 1.07. The van der Waals surface area contributed by atoms with E-state index in [0.29, 0.717) is 0 Å². The number of thiazole rings is 1. The lowest BCUT2D eigenvalue weighted by molar-refractivity contribution is -0.135. The molecule has 0 aliphatic carbocycles. The fourth-order valence-electron chi connectivity index (χ4n) is 6.20. The van der Waals surface area contributed by atoms with Gasteiger partial charge in [-0.25, -0.2) is 4.98 Å². The van der Waals surface area contributed by atoms with Gasteiger partial charge in [0.05, 0.1) is 22.2 Å². The maximum Gasteiger partial charge on any atom is 0.242 e. The molecule has 2 N–H and O–H groups in total. The van der Waals surface area contributed by atoms with Crippen LogP contribution in [0.1, 0.15) is 49.1 Å². The predicted octanol–water partition coefficient (Wildman–Crippen LogP) is 5.20. The van der Waals surface area contributed by atoms with E-state index in [9.17, 15) is 4.79 Å². The molecule has 2 fully saturated rings. The summed E-state index contributed by atoms with van der Waals surface area (Å²) in [6.45, 7) is 13.5. The van der Waals surface area contributed by atoms with E-state index in [2.05, 4.69) is 107 Å². The second-order valence-corrected chi connectivity index (χ2v) is 15.0. The highest BCUT2D eigenvalue weighted by molar-refractivity contribution is 7.99. The maximum absolute atomic E-state index is 14.0. The van der Waals surface area contributed by atoms with Gasteiger partial charge < -0.3 is 15.1 Å². The van der Waals surface area contributed by atoms with Crippen molar-refractivity contribution in [2.75, 3.05) is 46.8 Å². The van der Waals surface area contributed by atoms with Crippen LogP contribution >= 0.6 is 23.1 Å². The van der Waals surface area contributed by atoms with E-state index in [1.165, 1.54) is 27.1 Å². The van der Waals surface area contributed by atoms with E-state index >= 15 is 0 Å². The van der Waals surface area contributed by atoms with Gasteiger partial charge in [0.2, 0.25) is 5.91 Å². The Morgan fingerprint density at radius 2 is 1.81 bits per heavy atom. The van der Waals surface area contributed by atoms with Gasteiger partial charge in [-0.2, -0.15) is 0 Å². The van der Waals surface area contributed by atoms with Crippen LogP contribution in [0.4, 0.5) is 0 Å². The number of hydrogen-bond acceptors (Lipinski definition) is 8. The van der Waals surface area contributed by atoms with E-state index in [1.54, 1.807) is 11.3 Å². The van der Waals surface area contributed by atoms with Gasteiger partial charge in [0, 0.05) is 56.3 Å². The molecule has 2 aliphatic heterocycles. The number of hydrogen-bond donors (Lipinski definition) is 2. The van der Waals surface area contributed by atoms with E-state index in [-0.39, 0.29) is 22.9 Å². The van der Waals surface area contributed by atoms with Gasteiger partial charge >= 0.3 is 0 Å². The second kappa shape index (κ2) is 14.7. The predicted molar refractivity (Wildman–Crippen MR) is 181 cm³/mol. The van der Waals surface area contributed by atoms with Gasteiger partial charge in [0.15, 0.2) is 0 Å². The topological polar surface area (TPSA) is 63.7 Å². The third-order valence-electron chi connectivity index (χ3n) is 8.87. The summed E-state index contributed by atoms with van der Waals surface area (Å²) in [4.78, 5) is 26.6. The third kappa shape index (κ3) is 8.26. The van der Waals surface area contributed by atoms with Gasteiger partial charge in [-0.3, -0.25) is 15.0 Å². The lowest BCUT2D eigenvalue weighted by Gasteiger charge is -2.37. The van der Waals surface area contributed by atoms with Gasteiger partial charge in [-0.1, -0.05) is 48.5 Å². The molecule has 0 spiro atoms. The van der Waals surface area contributed by atoms with Crippen LogP contribution in [0.2, 0.25) is 0 Å². The Balaban J connectivity index is 1.15. The zero-order valence-electron chi connectivity index (χ0n) is 26.4. The Kier molecular flexibility index (Phi) is 11.0. The van der Waals surface area contributed by atoms with Crippen LogP contribution in [0.15, 0.2) is 54.0 Å². The fourth-order valence-corrected chi connectivity index (χ4v) is 8.12. The Morgan fingerprint density at radius 1 is 1.07 bits per heavy atom. The second-order valence-electron chi connectivity index (χ2n) is 12.5. The largest absolute Gasteiger partial charge is 0.326 e. The number of likely N-dealkylation sites (N-methyl/N-ethyl adjacent to an activating group) is 2. The first kappa shape index (κ1) is 32.1. The van der Waals surface area contributed by atoms with E-state index in [0.717, 1.165) is 70.1 Å². The zero-order valence-corrected chi connectivity index (χ0v) is 28.1. The molecule has 0 unspecified atom stereocenters. The maximum atomic E-state index is 14.0. The lowest BCUT2D eigenvalue weighted by atomic mass is 10.0. The molecular formula is C34H48N6OS2. The lowest BCUT2D eigenvalue weighted by Crippen LogP contribution is -2.57. The molecule has 232 valence electrons. The molecule has 0 saturated carbocycles. The molecule has 1 amide bonds. The number of carbonyl (C=O) groups excluding carboxylic acids is 1. The highest BCUT2D eigenvalue weighted by Gasteiger charge is 2.40. The van der Waals surface area contributed by atoms with E-state index in [4.69, 9.17) is 0 Å². The van der Waals surface area contributed by atoms with Crippen LogP contribution in [0.25, 0.3) is 10.4 Å².